The highest BCUT2D eigenvalue weighted by Crippen LogP contribution is 2.65. The van der Waals surface area contributed by atoms with Gasteiger partial charge in [-0.3, -0.25) is 0 Å². The Morgan fingerprint density at radius 2 is 1.96 bits per heavy atom. The molecular formula is C26H30N2. The van der Waals surface area contributed by atoms with Crippen molar-refractivity contribution in [3.05, 3.63) is 60.5 Å². The van der Waals surface area contributed by atoms with Crippen molar-refractivity contribution in [1.82, 2.24) is 9.55 Å². The predicted molar refractivity (Wildman–Crippen MR) is 116 cm³/mol. The second kappa shape index (κ2) is 5.72. The molecule has 0 spiro atoms. The fourth-order valence-corrected chi connectivity index (χ4v) is 7.45. The zero-order valence-corrected chi connectivity index (χ0v) is 17.1. The van der Waals surface area contributed by atoms with Crippen LogP contribution in [0.15, 0.2) is 60.5 Å². The molecule has 4 aliphatic rings. The predicted octanol–water partition coefficient (Wildman–Crippen LogP) is 6.62. The number of nitrogens with zero attached hydrogens (tertiary/aromatic N) is 2. The number of para-hydroxylation sites is 2. The summed E-state index contributed by atoms with van der Waals surface area (Å²) in [6.45, 7) is 5.12. The lowest BCUT2D eigenvalue weighted by atomic mass is 9.47. The number of hydrogen-bond donors (Lipinski definition) is 0. The zero-order chi connectivity index (χ0) is 18.9. The molecule has 4 aliphatic carbocycles. The molecule has 0 radical (unpaired) electrons. The maximum atomic E-state index is 4.69. The van der Waals surface area contributed by atoms with Crippen LogP contribution in [0.25, 0.3) is 16.7 Å². The molecule has 2 aromatic rings. The van der Waals surface area contributed by atoms with E-state index in [1.807, 2.05) is 0 Å². The zero-order valence-electron chi connectivity index (χ0n) is 17.1. The summed E-state index contributed by atoms with van der Waals surface area (Å²) in [5, 5.41) is 0. The Balaban J connectivity index is 1.38. The molecule has 6 rings (SSSR count). The highest BCUT2D eigenvalue weighted by atomic mass is 15.1. The van der Waals surface area contributed by atoms with Gasteiger partial charge in [0.25, 0.3) is 0 Å². The average Bonchev–Trinajstić information content (AvgIpc) is 3.28. The van der Waals surface area contributed by atoms with E-state index in [4.69, 9.17) is 0 Å². The molecule has 0 N–H and O–H groups in total. The quantitative estimate of drug-likeness (QED) is 0.552. The van der Waals surface area contributed by atoms with E-state index < -0.39 is 0 Å². The van der Waals surface area contributed by atoms with Crippen LogP contribution in [0.5, 0.6) is 0 Å². The maximum Gasteiger partial charge on any atom is 0.100 e. The largest absolute Gasteiger partial charge is 0.302 e. The van der Waals surface area contributed by atoms with Gasteiger partial charge in [0.2, 0.25) is 0 Å². The van der Waals surface area contributed by atoms with Gasteiger partial charge in [-0.1, -0.05) is 55.9 Å². The van der Waals surface area contributed by atoms with Gasteiger partial charge in [0, 0.05) is 11.1 Å². The molecule has 28 heavy (non-hydrogen) atoms. The molecule has 0 aliphatic heterocycles. The lowest BCUT2D eigenvalue weighted by Gasteiger charge is -2.57. The normalized spacial score (nSPS) is 39.1. The molecule has 2 heteroatoms. The highest BCUT2D eigenvalue weighted by molar-refractivity contribution is 5.80. The number of aromatic nitrogens is 2. The summed E-state index contributed by atoms with van der Waals surface area (Å²) < 4.78 is 2.40. The van der Waals surface area contributed by atoms with Crippen LogP contribution in [-0.4, -0.2) is 9.55 Å². The second-order valence-electron chi connectivity index (χ2n) is 10.0. The van der Waals surface area contributed by atoms with Crippen LogP contribution in [0.4, 0.5) is 0 Å². The number of allylic oxidation sites excluding steroid dienone is 6. The van der Waals surface area contributed by atoms with Gasteiger partial charge in [0.1, 0.15) is 6.33 Å². The Morgan fingerprint density at radius 3 is 2.89 bits per heavy atom. The van der Waals surface area contributed by atoms with Crippen molar-refractivity contribution in [2.75, 3.05) is 0 Å². The molecule has 2 nitrogen and oxygen atoms in total. The third kappa shape index (κ3) is 2.07. The molecule has 5 atom stereocenters. The molecule has 2 saturated carbocycles. The van der Waals surface area contributed by atoms with Gasteiger partial charge in [0.05, 0.1) is 11.0 Å². The highest BCUT2D eigenvalue weighted by Gasteiger charge is 2.56. The molecule has 0 unspecified atom stereocenters. The Morgan fingerprint density at radius 1 is 1.07 bits per heavy atom. The number of benzene rings is 1. The van der Waals surface area contributed by atoms with E-state index in [1.54, 1.807) is 5.57 Å². The number of imidazole rings is 1. The van der Waals surface area contributed by atoms with E-state index in [0.29, 0.717) is 5.41 Å². The molecular weight excluding hydrogens is 340 g/mol. The first-order chi connectivity index (χ1) is 13.6. The number of hydrogen-bond acceptors (Lipinski definition) is 1. The first-order valence-electron chi connectivity index (χ1n) is 11.1. The smallest absolute Gasteiger partial charge is 0.100 e. The van der Waals surface area contributed by atoms with E-state index in [0.717, 1.165) is 23.3 Å². The first kappa shape index (κ1) is 16.8. The van der Waals surface area contributed by atoms with Crippen molar-refractivity contribution in [1.29, 1.82) is 0 Å². The topological polar surface area (TPSA) is 17.8 Å². The summed E-state index contributed by atoms with van der Waals surface area (Å²) in [7, 11) is 0. The van der Waals surface area contributed by atoms with Crippen molar-refractivity contribution < 1.29 is 0 Å². The van der Waals surface area contributed by atoms with Crippen LogP contribution in [0.1, 0.15) is 52.4 Å². The van der Waals surface area contributed by atoms with E-state index in [2.05, 4.69) is 78.3 Å². The standard InChI is InChI=1S/C26H30N2/c1-25-15-6-5-7-18(25)10-11-19-20-12-13-24(26(20,2)16-14-21(19)25)28-17-27-22-8-3-4-9-23(22)28/h3-9,13,17,19-21H,10-12,14-16H2,1-2H3/t19-,20-,21-,25-,26-/m0/s1. The van der Waals surface area contributed by atoms with E-state index in [-0.39, 0.29) is 5.41 Å². The Labute approximate surface area is 168 Å². The summed E-state index contributed by atoms with van der Waals surface area (Å²) in [5.41, 5.74) is 6.30. The van der Waals surface area contributed by atoms with Crippen molar-refractivity contribution in [2.24, 2.45) is 28.6 Å². The average molecular weight is 371 g/mol. The van der Waals surface area contributed by atoms with Crippen LogP contribution in [0, 0.1) is 28.6 Å². The SMILES string of the molecule is C[C@]12CC=CC=C1CC[C@@H]1[C@@H]2CC[C@]2(C)C(n3cnc4ccccc43)=CC[C@@H]12. The summed E-state index contributed by atoms with van der Waals surface area (Å²) in [5.74, 6) is 2.49. The molecule has 0 saturated heterocycles. The molecule has 1 aromatic carbocycles. The second-order valence-corrected chi connectivity index (χ2v) is 10.0. The molecule has 144 valence electrons. The van der Waals surface area contributed by atoms with Crippen molar-refractivity contribution in [2.45, 2.75) is 52.4 Å². The fourth-order valence-electron chi connectivity index (χ4n) is 7.45. The summed E-state index contributed by atoms with van der Waals surface area (Å²) >= 11 is 0. The monoisotopic (exact) mass is 370 g/mol. The van der Waals surface area contributed by atoms with Crippen LogP contribution >= 0.6 is 0 Å². The van der Waals surface area contributed by atoms with Crippen LogP contribution in [0.3, 0.4) is 0 Å². The van der Waals surface area contributed by atoms with Gasteiger partial charge in [-0.2, -0.15) is 0 Å². The molecule has 0 bridgehead atoms. The van der Waals surface area contributed by atoms with Crippen molar-refractivity contribution in [3.8, 4) is 0 Å². The first-order valence-corrected chi connectivity index (χ1v) is 11.1. The minimum atomic E-state index is 0.284. The van der Waals surface area contributed by atoms with Gasteiger partial charge in [0.15, 0.2) is 0 Å². The Kier molecular flexibility index (Phi) is 3.44. The third-order valence-electron chi connectivity index (χ3n) is 8.96. The third-order valence-corrected chi connectivity index (χ3v) is 8.96. The van der Waals surface area contributed by atoms with Gasteiger partial charge < -0.3 is 4.57 Å². The Bertz CT molecular complexity index is 1040. The van der Waals surface area contributed by atoms with E-state index >= 15 is 0 Å². The van der Waals surface area contributed by atoms with Gasteiger partial charge in [-0.05, 0) is 73.8 Å². The summed E-state index contributed by atoms with van der Waals surface area (Å²) in [4.78, 5) is 4.69. The van der Waals surface area contributed by atoms with Crippen LogP contribution in [0.2, 0.25) is 0 Å². The van der Waals surface area contributed by atoms with Gasteiger partial charge in [-0.25, -0.2) is 4.98 Å². The van der Waals surface area contributed by atoms with Crippen LogP contribution in [-0.2, 0) is 0 Å². The fraction of sp³-hybridized carbons (Fsp3) is 0.500. The lowest BCUT2D eigenvalue weighted by molar-refractivity contribution is -0.0163. The van der Waals surface area contributed by atoms with Crippen LogP contribution < -0.4 is 0 Å². The molecule has 2 fully saturated rings. The molecule has 1 aromatic heterocycles. The van der Waals surface area contributed by atoms with E-state index in [1.165, 1.54) is 49.7 Å². The summed E-state index contributed by atoms with van der Waals surface area (Å²) in [6, 6.07) is 8.58. The van der Waals surface area contributed by atoms with E-state index in [9.17, 15) is 0 Å². The molecule has 1 heterocycles. The minimum Gasteiger partial charge on any atom is -0.302 e. The Hall–Kier alpha value is -2.09. The summed E-state index contributed by atoms with van der Waals surface area (Å²) in [6.07, 6.45) is 19.6. The minimum absolute atomic E-state index is 0.284. The van der Waals surface area contributed by atoms with Crippen molar-refractivity contribution >= 4 is 16.7 Å². The lowest BCUT2D eigenvalue weighted by Crippen LogP contribution is -2.49. The maximum absolute atomic E-state index is 4.69. The van der Waals surface area contributed by atoms with Gasteiger partial charge >= 0.3 is 0 Å². The van der Waals surface area contributed by atoms with Gasteiger partial charge in [-0.15, -0.1) is 0 Å². The number of rotatable bonds is 1. The molecule has 0 amide bonds. The number of fused-ring (bicyclic) bond motifs is 6. The van der Waals surface area contributed by atoms with Crippen molar-refractivity contribution in [3.63, 3.8) is 0 Å².